The molecule has 20 heavy (non-hydrogen) atoms. The van der Waals surface area contributed by atoms with Gasteiger partial charge in [0.2, 0.25) is 0 Å². The standard InChI is InChI=1S/C17H26N2O/c1-14-4-2-3-5-15(14)10-19-11-16(12-20)17(13-19)6-8-18-9-7-17/h2-5,16,18,20H,6-13H2,1H3. The first-order valence-electron chi connectivity index (χ1n) is 7.82. The minimum Gasteiger partial charge on any atom is -0.396 e. The number of aryl methyl sites for hydroxylation is 1. The van der Waals surface area contributed by atoms with Crippen LogP contribution >= 0.6 is 0 Å². The molecule has 0 amide bonds. The highest BCUT2D eigenvalue weighted by Crippen LogP contribution is 2.43. The fraction of sp³-hybridized carbons (Fsp3) is 0.647. The van der Waals surface area contributed by atoms with Crippen LogP contribution < -0.4 is 5.32 Å². The average Bonchev–Trinajstić information content (AvgIpc) is 2.79. The van der Waals surface area contributed by atoms with Gasteiger partial charge < -0.3 is 10.4 Å². The van der Waals surface area contributed by atoms with E-state index in [0.29, 0.717) is 17.9 Å². The maximum Gasteiger partial charge on any atom is 0.0477 e. The van der Waals surface area contributed by atoms with E-state index in [9.17, 15) is 5.11 Å². The van der Waals surface area contributed by atoms with Crippen molar-refractivity contribution in [1.29, 1.82) is 0 Å². The van der Waals surface area contributed by atoms with Gasteiger partial charge in [-0.1, -0.05) is 24.3 Å². The summed E-state index contributed by atoms with van der Waals surface area (Å²) in [6.07, 6.45) is 2.42. The van der Waals surface area contributed by atoms with Crippen molar-refractivity contribution in [3.8, 4) is 0 Å². The lowest BCUT2D eigenvalue weighted by Crippen LogP contribution is -2.42. The van der Waals surface area contributed by atoms with Crippen LogP contribution in [0.5, 0.6) is 0 Å². The predicted molar refractivity (Wildman–Crippen MR) is 81.6 cm³/mol. The van der Waals surface area contributed by atoms with Crippen LogP contribution in [-0.2, 0) is 6.54 Å². The zero-order valence-electron chi connectivity index (χ0n) is 12.4. The molecule has 1 spiro atoms. The summed E-state index contributed by atoms with van der Waals surface area (Å²) in [7, 11) is 0. The molecule has 2 heterocycles. The topological polar surface area (TPSA) is 35.5 Å². The molecule has 0 saturated carbocycles. The van der Waals surface area contributed by atoms with Gasteiger partial charge in [0.05, 0.1) is 0 Å². The van der Waals surface area contributed by atoms with Gasteiger partial charge in [0, 0.05) is 32.2 Å². The Hall–Kier alpha value is -0.900. The Morgan fingerprint density at radius 3 is 2.75 bits per heavy atom. The summed E-state index contributed by atoms with van der Waals surface area (Å²) in [4.78, 5) is 2.55. The SMILES string of the molecule is Cc1ccccc1CN1CC(CO)C2(CCNCC2)C1. The Morgan fingerprint density at radius 1 is 1.30 bits per heavy atom. The maximum absolute atomic E-state index is 9.77. The van der Waals surface area contributed by atoms with E-state index in [2.05, 4.69) is 41.4 Å². The van der Waals surface area contributed by atoms with E-state index in [1.54, 1.807) is 0 Å². The summed E-state index contributed by atoms with van der Waals surface area (Å²) in [5.41, 5.74) is 3.15. The second kappa shape index (κ2) is 5.84. The van der Waals surface area contributed by atoms with Gasteiger partial charge in [-0.15, -0.1) is 0 Å². The molecule has 2 aliphatic heterocycles. The van der Waals surface area contributed by atoms with Crippen LogP contribution in [0.2, 0.25) is 0 Å². The van der Waals surface area contributed by atoms with E-state index >= 15 is 0 Å². The maximum atomic E-state index is 9.77. The van der Waals surface area contributed by atoms with Crippen LogP contribution in [0.4, 0.5) is 0 Å². The van der Waals surface area contributed by atoms with E-state index < -0.39 is 0 Å². The Morgan fingerprint density at radius 2 is 2.05 bits per heavy atom. The summed E-state index contributed by atoms with van der Waals surface area (Å²) in [5, 5.41) is 13.2. The predicted octanol–water partition coefficient (Wildman–Crippen LogP) is 1.79. The normalized spacial score (nSPS) is 26.2. The van der Waals surface area contributed by atoms with Gasteiger partial charge in [-0.2, -0.15) is 0 Å². The van der Waals surface area contributed by atoms with Crippen LogP contribution in [-0.4, -0.2) is 42.8 Å². The molecule has 2 fully saturated rings. The highest BCUT2D eigenvalue weighted by Gasteiger charge is 2.46. The van der Waals surface area contributed by atoms with Gasteiger partial charge in [-0.25, -0.2) is 0 Å². The van der Waals surface area contributed by atoms with Crippen LogP contribution in [0.25, 0.3) is 0 Å². The fourth-order valence-corrected chi connectivity index (χ4v) is 4.04. The average molecular weight is 274 g/mol. The summed E-state index contributed by atoms with van der Waals surface area (Å²) in [5.74, 6) is 0.452. The first-order valence-corrected chi connectivity index (χ1v) is 7.82. The van der Waals surface area contributed by atoms with Gasteiger partial charge >= 0.3 is 0 Å². The van der Waals surface area contributed by atoms with Crippen LogP contribution in [0.15, 0.2) is 24.3 Å². The van der Waals surface area contributed by atoms with Crippen molar-refractivity contribution in [2.24, 2.45) is 11.3 Å². The largest absolute Gasteiger partial charge is 0.396 e. The number of hydrogen-bond donors (Lipinski definition) is 2. The summed E-state index contributed by atoms with van der Waals surface area (Å²) in [6.45, 7) is 7.96. The van der Waals surface area contributed by atoms with Crippen molar-refractivity contribution in [3.05, 3.63) is 35.4 Å². The van der Waals surface area contributed by atoms with Crippen molar-refractivity contribution in [1.82, 2.24) is 10.2 Å². The lowest BCUT2D eigenvalue weighted by molar-refractivity contribution is 0.0984. The minimum atomic E-state index is 0.338. The lowest BCUT2D eigenvalue weighted by atomic mass is 9.71. The molecule has 1 unspecified atom stereocenters. The zero-order valence-corrected chi connectivity index (χ0v) is 12.4. The molecule has 0 bridgehead atoms. The number of rotatable bonds is 3. The Labute approximate surface area is 122 Å². The molecule has 3 rings (SSSR count). The highest BCUT2D eigenvalue weighted by atomic mass is 16.3. The molecule has 1 aromatic rings. The number of benzene rings is 1. The number of hydrogen-bond acceptors (Lipinski definition) is 3. The molecule has 1 aromatic carbocycles. The van der Waals surface area contributed by atoms with E-state index in [0.717, 1.165) is 32.7 Å². The molecule has 2 N–H and O–H groups in total. The Bertz CT molecular complexity index is 454. The van der Waals surface area contributed by atoms with Gasteiger partial charge in [0.1, 0.15) is 0 Å². The molecule has 110 valence electrons. The summed E-state index contributed by atoms with van der Waals surface area (Å²) >= 11 is 0. The summed E-state index contributed by atoms with van der Waals surface area (Å²) in [6, 6.07) is 8.65. The van der Waals surface area contributed by atoms with Gasteiger partial charge in [-0.3, -0.25) is 4.90 Å². The molecule has 3 heteroatoms. The van der Waals surface area contributed by atoms with Gasteiger partial charge in [0.25, 0.3) is 0 Å². The van der Waals surface area contributed by atoms with Crippen molar-refractivity contribution >= 4 is 0 Å². The van der Waals surface area contributed by atoms with Crippen molar-refractivity contribution < 1.29 is 5.11 Å². The number of likely N-dealkylation sites (tertiary alicyclic amines) is 1. The van der Waals surface area contributed by atoms with Crippen molar-refractivity contribution in [2.75, 3.05) is 32.8 Å². The Balaban J connectivity index is 1.72. The third kappa shape index (κ3) is 2.62. The number of nitrogens with one attached hydrogen (secondary N) is 1. The zero-order chi connectivity index (χ0) is 14.0. The number of aliphatic hydroxyl groups is 1. The van der Waals surface area contributed by atoms with Gasteiger partial charge in [0.15, 0.2) is 0 Å². The lowest BCUT2D eigenvalue weighted by Gasteiger charge is -2.38. The smallest absolute Gasteiger partial charge is 0.0477 e. The monoisotopic (exact) mass is 274 g/mol. The van der Waals surface area contributed by atoms with Crippen LogP contribution in [0.3, 0.4) is 0 Å². The molecule has 1 atom stereocenters. The second-order valence-electron chi connectivity index (χ2n) is 6.59. The number of nitrogens with zero attached hydrogens (tertiary/aromatic N) is 1. The fourth-order valence-electron chi connectivity index (χ4n) is 4.04. The highest BCUT2D eigenvalue weighted by molar-refractivity contribution is 5.25. The van der Waals surface area contributed by atoms with E-state index in [1.807, 2.05) is 0 Å². The quantitative estimate of drug-likeness (QED) is 0.882. The van der Waals surface area contributed by atoms with Crippen molar-refractivity contribution in [2.45, 2.75) is 26.3 Å². The first kappa shape index (κ1) is 14.1. The molecule has 0 aromatic heterocycles. The second-order valence-corrected chi connectivity index (χ2v) is 6.59. The van der Waals surface area contributed by atoms with Crippen LogP contribution in [0.1, 0.15) is 24.0 Å². The molecule has 0 aliphatic carbocycles. The Kier molecular flexibility index (Phi) is 4.11. The van der Waals surface area contributed by atoms with Gasteiger partial charge in [-0.05, 0) is 49.4 Å². The van der Waals surface area contributed by atoms with E-state index in [-0.39, 0.29) is 0 Å². The molecular weight excluding hydrogens is 248 g/mol. The first-order chi connectivity index (χ1) is 9.73. The molecular formula is C17H26N2O. The summed E-state index contributed by atoms with van der Waals surface area (Å²) < 4.78 is 0. The third-order valence-electron chi connectivity index (χ3n) is 5.36. The molecule has 2 saturated heterocycles. The minimum absolute atomic E-state index is 0.338. The van der Waals surface area contributed by atoms with E-state index in [1.165, 1.54) is 24.0 Å². The molecule has 0 radical (unpaired) electrons. The van der Waals surface area contributed by atoms with Crippen molar-refractivity contribution in [3.63, 3.8) is 0 Å². The molecule has 3 nitrogen and oxygen atoms in total. The van der Waals surface area contributed by atoms with E-state index in [4.69, 9.17) is 0 Å². The third-order valence-corrected chi connectivity index (χ3v) is 5.36. The number of aliphatic hydroxyl groups excluding tert-OH is 1. The molecule has 2 aliphatic rings. The number of piperidine rings is 1. The van der Waals surface area contributed by atoms with Crippen LogP contribution in [0, 0.1) is 18.3 Å².